The van der Waals surface area contributed by atoms with E-state index < -0.39 is 0 Å². The first kappa shape index (κ1) is 10.2. The quantitative estimate of drug-likeness (QED) is 0.732. The Balaban J connectivity index is 2.20. The van der Waals surface area contributed by atoms with Gasteiger partial charge in [-0.05, 0) is 6.92 Å². The van der Waals surface area contributed by atoms with Gasteiger partial charge in [-0.1, -0.05) is 23.4 Å². The summed E-state index contributed by atoms with van der Waals surface area (Å²) in [6, 6.07) is 0. The van der Waals surface area contributed by atoms with Crippen LogP contribution in [0.25, 0.3) is 17.6 Å². The fourth-order valence-electron chi connectivity index (χ4n) is 1.07. The third-order valence-electron chi connectivity index (χ3n) is 1.78. The smallest absolute Gasteiger partial charge is 0.250 e. The lowest BCUT2D eigenvalue weighted by molar-refractivity contribution is 0.411. The van der Waals surface area contributed by atoms with Crippen LogP contribution >= 0.6 is 0 Å². The number of allylic oxidation sites excluding steroid dienone is 3. The van der Waals surface area contributed by atoms with E-state index in [1.807, 2.05) is 25.2 Å². The minimum absolute atomic E-state index is 0.438. The Morgan fingerprint density at radius 1 is 1.25 bits per heavy atom. The van der Waals surface area contributed by atoms with E-state index in [-0.39, 0.29) is 0 Å². The molecule has 0 fully saturated rings. The molecule has 0 aromatic carbocycles. The van der Waals surface area contributed by atoms with Gasteiger partial charge < -0.3 is 4.52 Å². The Morgan fingerprint density at radius 3 is 2.94 bits per heavy atom. The highest BCUT2D eigenvalue weighted by molar-refractivity contribution is 5.49. The molecule has 0 saturated carbocycles. The van der Waals surface area contributed by atoms with Gasteiger partial charge in [0.2, 0.25) is 5.82 Å². The predicted molar refractivity (Wildman–Crippen MR) is 59.2 cm³/mol. The summed E-state index contributed by atoms with van der Waals surface area (Å²) >= 11 is 0. The van der Waals surface area contributed by atoms with Gasteiger partial charge in [0.25, 0.3) is 5.89 Å². The van der Waals surface area contributed by atoms with Crippen LogP contribution in [0.2, 0.25) is 0 Å². The maximum atomic E-state index is 5.02. The molecule has 0 bridgehead atoms. The maximum Gasteiger partial charge on any atom is 0.250 e. The van der Waals surface area contributed by atoms with Crippen molar-refractivity contribution in [2.45, 2.75) is 6.92 Å². The molecule has 0 N–H and O–H groups in total. The first-order chi connectivity index (χ1) is 7.90. The van der Waals surface area contributed by atoms with Crippen molar-refractivity contribution in [3.05, 3.63) is 42.7 Å². The molecule has 0 spiro atoms. The minimum atomic E-state index is 0.438. The second-order valence-corrected chi connectivity index (χ2v) is 2.93. The zero-order chi connectivity index (χ0) is 11.2. The number of hydrogen-bond acceptors (Lipinski definition) is 5. The molecule has 5 nitrogen and oxygen atoms in total. The van der Waals surface area contributed by atoms with Crippen molar-refractivity contribution in [3.63, 3.8) is 0 Å². The lowest BCUT2D eigenvalue weighted by Gasteiger charge is -1.88. The second-order valence-electron chi connectivity index (χ2n) is 2.93. The van der Waals surface area contributed by atoms with Gasteiger partial charge in [-0.25, -0.2) is 4.98 Å². The molecule has 2 aromatic heterocycles. The first-order valence-corrected chi connectivity index (χ1v) is 4.79. The molecular formula is C11H10N4O. The summed E-state index contributed by atoms with van der Waals surface area (Å²) in [5.41, 5.74) is 0.594. The Kier molecular flexibility index (Phi) is 3.18. The Bertz CT molecular complexity index is 502. The zero-order valence-corrected chi connectivity index (χ0v) is 8.74. The van der Waals surface area contributed by atoms with Crippen LogP contribution in [0.1, 0.15) is 12.8 Å². The molecular weight excluding hydrogens is 204 g/mol. The average Bonchev–Trinajstić information content (AvgIpc) is 2.79. The van der Waals surface area contributed by atoms with E-state index in [9.17, 15) is 0 Å². The van der Waals surface area contributed by atoms with E-state index >= 15 is 0 Å². The van der Waals surface area contributed by atoms with Gasteiger partial charge in [-0.15, -0.1) is 0 Å². The van der Waals surface area contributed by atoms with Crippen LogP contribution in [0.3, 0.4) is 0 Å². The molecule has 5 heteroatoms. The Morgan fingerprint density at radius 2 is 2.19 bits per heavy atom. The van der Waals surface area contributed by atoms with Crippen LogP contribution in [0.4, 0.5) is 0 Å². The van der Waals surface area contributed by atoms with Crippen LogP contribution in [-0.2, 0) is 0 Å². The van der Waals surface area contributed by atoms with Crippen molar-refractivity contribution < 1.29 is 4.52 Å². The van der Waals surface area contributed by atoms with E-state index in [0.29, 0.717) is 17.4 Å². The van der Waals surface area contributed by atoms with Crippen LogP contribution in [0, 0.1) is 0 Å². The van der Waals surface area contributed by atoms with E-state index in [4.69, 9.17) is 4.52 Å². The Labute approximate surface area is 92.6 Å². The van der Waals surface area contributed by atoms with Gasteiger partial charge in [0.15, 0.2) is 0 Å². The van der Waals surface area contributed by atoms with Gasteiger partial charge in [0, 0.05) is 18.5 Å². The molecule has 0 radical (unpaired) electrons. The van der Waals surface area contributed by atoms with Gasteiger partial charge in [-0.2, -0.15) is 4.98 Å². The van der Waals surface area contributed by atoms with Crippen LogP contribution < -0.4 is 0 Å². The average molecular weight is 214 g/mol. The monoisotopic (exact) mass is 214 g/mol. The largest absolute Gasteiger partial charge is 0.334 e. The summed E-state index contributed by atoms with van der Waals surface area (Å²) in [6.07, 6.45) is 12.1. The van der Waals surface area contributed by atoms with Gasteiger partial charge in [0.05, 0.1) is 6.20 Å². The van der Waals surface area contributed by atoms with E-state index in [0.717, 1.165) is 0 Å². The number of hydrogen-bond donors (Lipinski definition) is 0. The summed E-state index contributed by atoms with van der Waals surface area (Å²) < 4.78 is 5.02. The molecule has 0 aliphatic rings. The fourth-order valence-corrected chi connectivity index (χ4v) is 1.07. The van der Waals surface area contributed by atoms with Crippen molar-refractivity contribution in [1.82, 2.24) is 20.1 Å². The van der Waals surface area contributed by atoms with E-state index in [2.05, 4.69) is 20.1 Å². The van der Waals surface area contributed by atoms with Crippen molar-refractivity contribution in [1.29, 1.82) is 0 Å². The molecule has 0 unspecified atom stereocenters. The molecule has 80 valence electrons. The predicted octanol–water partition coefficient (Wildman–Crippen LogP) is 2.12. The topological polar surface area (TPSA) is 64.7 Å². The van der Waals surface area contributed by atoms with Crippen LogP contribution in [-0.4, -0.2) is 20.1 Å². The van der Waals surface area contributed by atoms with Gasteiger partial charge in [0.1, 0.15) is 5.69 Å². The summed E-state index contributed by atoms with van der Waals surface area (Å²) in [5, 5.41) is 3.80. The molecule has 2 aromatic rings. The summed E-state index contributed by atoms with van der Waals surface area (Å²) in [5.74, 6) is 0.881. The van der Waals surface area contributed by atoms with Crippen LogP contribution in [0.5, 0.6) is 0 Å². The molecule has 0 aliphatic heterocycles. The SMILES string of the molecule is C/C=C/C=Cc1nc(-c2cnccn2)no1. The summed E-state index contributed by atoms with van der Waals surface area (Å²) in [6.45, 7) is 1.93. The normalized spacial score (nSPS) is 11.6. The standard InChI is InChI=1S/C11H10N4O/c1-2-3-4-5-10-14-11(15-16-10)9-8-12-6-7-13-9/h2-8H,1H3/b3-2+,5-4?. The van der Waals surface area contributed by atoms with E-state index in [1.54, 1.807) is 24.7 Å². The molecule has 0 aliphatic carbocycles. The second kappa shape index (κ2) is 4.97. The Hall–Kier alpha value is -2.30. The van der Waals surface area contributed by atoms with Crippen molar-refractivity contribution in [3.8, 4) is 11.5 Å². The van der Waals surface area contributed by atoms with E-state index in [1.165, 1.54) is 0 Å². The molecule has 0 atom stereocenters. The molecule has 0 amide bonds. The third kappa shape index (κ3) is 2.38. The molecule has 16 heavy (non-hydrogen) atoms. The number of aromatic nitrogens is 4. The molecule has 2 heterocycles. The minimum Gasteiger partial charge on any atom is -0.334 e. The van der Waals surface area contributed by atoms with Crippen molar-refractivity contribution in [2.24, 2.45) is 0 Å². The molecule has 2 rings (SSSR count). The first-order valence-electron chi connectivity index (χ1n) is 4.79. The fraction of sp³-hybridized carbons (Fsp3) is 0.0909. The lowest BCUT2D eigenvalue weighted by Crippen LogP contribution is -1.85. The highest BCUT2D eigenvalue weighted by Gasteiger charge is 2.06. The van der Waals surface area contributed by atoms with Crippen LogP contribution in [0.15, 0.2) is 41.3 Å². The third-order valence-corrected chi connectivity index (χ3v) is 1.78. The maximum absolute atomic E-state index is 5.02. The van der Waals surface area contributed by atoms with Gasteiger partial charge >= 0.3 is 0 Å². The number of nitrogens with zero attached hydrogens (tertiary/aromatic N) is 4. The zero-order valence-electron chi connectivity index (χ0n) is 8.74. The summed E-state index contributed by atoms with van der Waals surface area (Å²) in [4.78, 5) is 12.2. The van der Waals surface area contributed by atoms with Gasteiger partial charge in [-0.3, -0.25) is 4.98 Å². The highest BCUT2D eigenvalue weighted by atomic mass is 16.5. The van der Waals surface area contributed by atoms with Crippen molar-refractivity contribution >= 4 is 6.08 Å². The van der Waals surface area contributed by atoms with Crippen molar-refractivity contribution in [2.75, 3.05) is 0 Å². The summed E-state index contributed by atoms with van der Waals surface area (Å²) in [7, 11) is 0. The number of rotatable bonds is 3. The molecule has 0 saturated heterocycles. The highest BCUT2D eigenvalue weighted by Crippen LogP contribution is 2.11. The lowest BCUT2D eigenvalue weighted by atomic mass is 10.4.